The van der Waals surface area contributed by atoms with Crippen LogP contribution in [-0.4, -0.2) is 57.9 Å². The maximum absolute atomic E-state index is 11.4. The van der Waals surface area contributed by atoms with Crippen molar-refractivity contribution in [3.63, 3.8) is 0 Å². The zero-order chi connectivity index (χ0) is 17.1. The van der Waals surface area contributed by atoms with Gasteiger partial charge < -0.3 is 10.0 Å². The van der Waals surface area contributed by atoms with E-state index in [0.717, 1.165) is 48.9 Å². The Labute approximate surface area is 144 Å². The number of carboxylic acids is 1. The van der Waals surface area contributed by atoms with E-state index in [9.17, 15) is 9.59 Å². The molecule has 7 heteroatoms. The highest BCUT2D eigenvalue weighted by atomic mass is 32.1. The predicted molar refractivity (Wildman–Crippen MR) is 92.0 cm³/mol. The lowest BCUT2D eigenvalue weighted by atomic mass is 10.1. The molecule has 0 saturated carbocycles. The normalized spacial score (nSPS) is 15.5. The van der Waals surface area contributed by atoms with Crippen LogP contribution in [-0.2, 0) is 11.3 Å². The summed E-state index contributed by atoms with van der Waals surface area (Å²) < 4.78 is 0. The number of benzene rings is 1. The van der Waals surface area contributed by atoms with E-state index < -0.39 is 5.97 Å². The van der Waals surface area contributed by atoms with Gasteiger partial charge in [-0.1, -0.05) is 24.3 Å². The topological polar surface area (TPSA) is 73.7 Å². The molecular weight excluding hydrogens is 326 g/mol. The molecule has 1 N–H and O–H groups in total. The first-order chi connectivity index (χ1) is 11.5. The number of nitrogens with zero attached hydrogens (tertiary/aromatic N) is 3. The van der Waals surface area contributed by atoms with Crippen molar-refractivity contribution in [2.75, 3.05) is 26.2 Å². The lowest BCUT2D eigenvalue weighted by molar-refractivity contribution is -0.130. The minimum atomic E-state index is -1.00. The van der Waals surface area contributed by atoms with Crippen molar-refractivity contribution in [1.82, 2.24) is 14.8 Å². The van der Waals surface area contributed by atoms with Gasteiger partial charge in [-0.25, -0.2) is 9.78 Å². The summed E-state index contributed by atoms with van der Waals surface area (Å²) in [4.78, 5) is 30.8. The van der Waals surface area contributed by atoms with Crippen LogP contribution in [0.1, 0.15) is 23.0 Å². The molecule has 0 spiro atoms. The molecule has 126 valence electrons. The first-order valence-electron chi connectivity index (χ1n) is 7.79. The Kier molecular flexibility index (Phi) is 4.92. The highest BCUT2D eigenvalue weighted by Gasteiger charge is 2.20. The molecule has 1 aromatic carbocycles. The lowest BCUT2D eigenvalue weighted by Gasteiger charge is -2.34. The highest BCUT2D eigenvalue weighted by molar-refractivity contribution is 7.13. The average molecular weight is 345 g/mol. The molecule has 2 heterocycles. The van der Waals surface area contributed by atoms with Gasteiger partial charge in [-0.05, 0) is 5.56 Å². The number of aromatic carboxylic acids is 1. The number of thiazole rings is 1. The first-order valence-corrected chi connectivity index (χ1v) is 8.67. The maximum atomic E-state index is 11.4. The van der Waals surface area contributed by atoms with Crippen molar-refractivity contribution in [3.8, 4) is 10.6 Å². The third kappa shape index (κ3) is 3.63. The molecule has 0 bridgehead atoms. The van der Waals surface area contributed by atoms with Gasteiger partial charge in [0, 0.05) is 50.6 Å². The first kappa shape index (κ1) is 16.6. The Hall–Kier alpha value is -2.25. The highest BCUT2D eigenvalue weighted by Crippen LogP contribution is 2.28. The summed E-state index contributed by atoms with van der Waals surface area (Å²) in [5.41, 5.74) is 2.18. The fourth-order valence-corrected chi connectivity index (χ4v) is 3.68. The second kappa shape index (κ2) is 7.11. The van der Waals surface area contributed by atoms with Crippen LogP contribution in [0.4, 0.5) is 0 Å². The predicted octanol–water partition coefficient (Wildman–Crippen LogP) is 2.17. The van der Waals surface area contributed by atoms with Gasteiger partial charge >= 0.3 is 5.97 Å². The van der Waals surface area contributed by atoms with Gasteiger partial charge in [-0.3, -0.25) is 9.69 Å². The van der Waals surface area contributed by atoms with Crippen molar-refractivity contribution < 1.29 is 14.7 Å². The summed E-state index contributed by atoms with van der Waals surface area (Å²) in [6.45, 7) is 5.55. The van der Waals surface area contributed by atoms with Crippen molar-refractivity contribution in [2.45, 2.75) is 13.5 Å². The van der Waals surface area contributed by atoms with Gasteiger partial charge in [0.25, 0.3) is 0 Å². The monoisotopic (exact) mass is 345 g/mol. The molecule has 0 atom stereocenters. The summed E-state index contributed by atoms with van der Waals surface area (Å²) in [6, 6.07) is 7.95. The van der Waals surface area contributed by atoms with Crippen LogP contribution < -0.4 is 0 Å². The third-order valence-electron chi connectivity index (χ3n) is 4.18. The van der Waals surface area contributed by atoms with Crippen LogP contribution >= 0.6 is 11.3 Å². The molecule has 1 aromatic heterocycles. The van der Waals surface area contributed by atoms with Crippen molar-refractivity contribution in [1.29, 1.82) is 0 Å². The van der Waals surface area contributed by atoms with Crippen LogP contribution in [0.25, 0.3) is 10.6 Å². The summed E-state index contributed by atoms with van der Waals surface area (Å²) in [5, 5.41) is 11.3. The minimum absolute atomic E-state index is 0.0832. The number of hydrogen-bond donors (Lipinski definition) is 1. The number of carbonyl (C=O) groups is 2. The summed E-state index contributed by atoms with van der Waals surface area (Å²) in [5.74, 6) is -0.880. The Balaban J connectivity index is 1.75. The van der Waals surface area contributed by atoms with E-state index >= 15 is 0 Å². The smallest absolute Gasteiger partial charge is 0.355 e. The molecule has 24 heavy (non-hydrogen) atoms. The Morgan fingerprint density at radius 2 is 1.92 bits per heavy atom. The van der Waals surface area contributed by atoms with Crippen LogP contribution in [0.2, 0.25) is 0 Å². The summed E-state index contributed by atoms with van der Waals surface area (Å²) in [6.07, 6.45) is 0. The molecule has 0 unspecified atom stereocenters. The van der Waals surface area contributed by atoms with E-state index in [-0.39, 0.29) is 11.6 Å². The third-order valence-corrected chi connectivity index (χ3v) is 5.06. The number of piperazine rings is 1. The van der Waals surface area contributed by atoms with Crippen molar-refractivity contribution in [2.24, 2.45) is 0 Å². The number of rotatable bonds is 4. The van der Waals surface area contributed by atoms with Gasteiger partial charge in [0.05, 0.1) is 0 Å². The van der Waals surface area contributed by atoms with Gasteiger partial charge in [0.2, 0.25) is 5.91 Å². The fraction of sp³-hybridized carbons (Fsp3) is 0.353. The summed E-state index contributed by atoms with van der Waals surface area (Å²) in [7, 11) is 0. The number of aromatic nitrogens is 1. The molecule has 1 amide bonds. The second-order valence-corrected chi connectivity index (χ2v) is 6.64. The van der Waals surface area contributed by atoms with Crippen LogP contribution in [0, 0.1) is 0 Å². The molecule has 1 saturated heterocycles. The summed E-state index contributed by atoms with van der Waals surface area (Å²) >= 11 is 1.35. The van der Waals surface area contributed by atoms with E-state index in [1.165, 1.54) is 11.3 Å². The van der Waals surface area contributed by atoms with Crippen LogP contribution in [0.5, 0.6) is 0 Å². The van der Waals surface area contributed by atoms with Gasteiger partial charge in [0.1, 0.15) is 5.01 Å². The average Bonchev–Trinajstić information content (AvgIpc) is 3.06. The molecule has 6 nitrogen and oxygen atoms in total. The van der Waals surface area contributed by atoms with Gasteiger partial charge in [0.15, 0.2) is 5.69 Å². The Morgan fingerprint density at radius 3 is 2.54 bits per heavy atom. The second-order valence-electron chi connectivity index (χ2n) is 5.78. The molecule has 1 aliphatic rings. The van der Waals surface area contributed by atoms with E-state index in [4.69, 9.17) is 5.11 Å². The maximum Gasteiger partial charge on any atom is 0.355 e. The zero-order valence-electron chi connectivity index (χ0n) is 13.4. The number of carboxylic acid groups (broad SMARTS) is 1. The zero-order valence-corrected chi connectivity index (χ0v) is 14.3. The molecule has 2 aromatic rings. The number of amides is 1. The standard InChI is InChI=1S/C17H19N3O3S/c1-12(21)20-8-6-19(7-9-20)10-13-4-2-3-5-14(13)16-18-15(11-24-16)17(22)23/h2-5,11H,6-10H2,1H3,(H,22,23). The van der Waals surface area contributed by atoms with E-state index in [2.05, 4.69) is 16.0 Å². The van der Waals surface area contributed by atoms with E-state index in [1.807, 2.05) is 23.1 Å². The molecule has 0 radical (unpaired) electrons. The quantitative estimate of drug-likeness (QED) is 0.919. The van der Waals surface area contributed by atoms with Gasteiger partial charge in [-0.2, -0.15) is 0 Å². The lowest BCUT2D eigenvalue weighted by Crippen LogP contribution is -2.47. The number of carbonyl (C=O) groups excluding carboxylic acids is 1. The van der Waals surface area contributed by atoms with Crippen LogP contribution in [0.3, 0.4) is 0 Å². The molecule has 1 fully saturated rings. The molecular formula is C17H19N3O3S. The van der Waals surface area contributed by atoms with Crippen LogP contribution in [0.15, 0.2) is 29.6 Å². The van der Waals surface area contributed by atoms with Crippen molar-refractivity contribution >= 4 is 23.2 Å². The molecule has 1 aliphatic heterocycles. The van der Waals surface area contributed by atoms with E-state index in [0.29, 0.717) is 0 Å². The fourth-order valence-electron chi connectivity index (χ4n) is 2.82. The minimum Gasteiger partial charge on any atom is -0.476 e. The number of hydrogen-bond acceptors (Lipinski definition) is 5. The Bertz CT molecular complexity index is 751. The molecule has 0 aliphatic carbocycles. The Morgan fingerprint density at radius 1 is 1.21 bits per heavy atom. The van der Waals surface area contributed by atoms with E-state index in [1.54, 1.807) is 12.3 Å². The van der Waals surface area contributed by atoms with Crippen molar-refractivity contribution in [3.05, 3.63) is 40.9 Å². The molecule has 3 rings (SSSR count). The van der Waals surface area contributed by atoms with Gasteiger partial charge in [-0.15, -0.1) is 11.3 Å². The SMILES string of the molecule is CC(=O)N1CCN(Cc2ccccc2-c2nc(C(=O)O)cs2)CC1. The largest absolute Gasteiger partial charge is 0.476 e.